The second-order valence-electron chi connectivity index (χ2n) is 6.75. The van der Waals surface area contributed by atoms with Crippen LogP contribution >= 0.6 is 0 Å². The van der Waals surface area contributed by atoms with Gasteiger partial charge in [0.05, 0.1) is 23.3 Å². The molecule has 0 atom stereocenters. The van der Waals surface area contributed by atoms with Crippen LogP contribution < -0.4 is 0 Å². The van der Waals surface area contributed by atoms with E-state index in [9.17, 15) is 12.8 Å². The zero-order chi connectivity index (χ0) is 20.3. The Kier molecular flexibility index (Phi) is 5.93. The van der Waals surface area contributed by atoms with Crippen LogP contribution in [-0.4, -0.2) is 47.5 Å². The second-order valence-corrected chi connectivity index (χ2v) is 8.21. The van der Waals surface area contributed by atoms with Gasteiger partial charge >= 0.3 is 0 Å². The van der Waals surface area contributed by atoms with Crippen LogP contribution in [0.15, 0.2) is 54.6 Å². The number of aromatic nitrogens is 2. The largest absolute Gasteiger partial charge is 0.302 e. The highest BCUT2D eigenvalue weighted by molar-refractivity contribution is 7.85. The van der Waals surface area contributed by atoms with Crippen molar-refractivity contribution in [1.29, 1.82) is 0 Å². The maximum atomic E-state index is 13.2. The summed E-state index contributed by atoms with van der Waals surface area (Å²) in [6.45, 7) is 1.89. The predicted octanol–water partition coefficient (Wildman–Crippen LogP) is 3.17. The molecule has 28 heavy (non-hydrogen) atoms. The molecule has 2 heterocycles. The van der Waals surface area contributed by atoms with Crippen molar-refractivity contribution in [3.05, 3.63) is 71.7 Å². The van der Waals surface area contributed by atoms with E-state index < -0.39 is 10.1 Å². The number of hydrogen-bond acceptors (Lipinski definition) is 4. The minimum atomic E-state index is -3.67. The smallest absolute Gasteiger partial charge is 0.261 e. The molecule has 0 fully saturated rings. The van der Waals surface area contributed by atoms with E-state index in [0.717, 1.165) is 36.5 Å². The Morgan fingerprint density at radius 1 is 1.07 bits per heavy atom. The average molecular weight is 403 g/mol. The van der Waals surface area contributed by atoms with Gasteiger partial charge < -0.3 is 4.90 Å². The van der Waals surface area contributed by atoms with Gasteiger partial charge in [0.25, 0.3) is 10.1 Å². The number of rotatable bonds is 2. The van der Waals surface area contributed by atoms with Crippen molar-refractivity contribution in [3.63, 3.8) is 0 Å². The molecule has 1 aliphatic rings. The topological polar surface area (TPSA) is 75.4 Å². The van der Waals surface area contributed by atoms with Gasteiger partial charge in [-0.15, -0.1) is 0 Å². The maximum absolute atomic E-state index is 13.2. The number of nitrogens with zero attached hydrogens (tertiary/aromatic N) is 3. The molecule has 1 aliphatic heterocycles. The minimum absolute atomic E-state index is 0.220. The first kappa shape index (κ1) is 20.2. The molecule has 1 aromatic heterocycles. The average Bonchev–Trinajstić information content (AvgIpc) is 3.00. The molecular formula is C20H22FN3O3S. The minimum Gasteiger partial charge on any atom is -0.302 e. The molecular weight excluding hydrogens is 381 g/mol. The molecule has 0 amide bonds. The molecule has 0 bridgehead atoms. The zero-order valence-corrected chi connectivity index (χ0v) is 16.5. The normalized spacial score (nSPS) is 14.1. The summed E-state index contributed by atoms with van der Waals surface area (Å²) in [5, 5.41) is 4.86. The summed E-state index contributed by atoms with van der Waals surface area (Å²) < 4.78 is 41.2. The van der Waals surface area contributed by atoms with Crippen LogP contribution in [0.3, 0.4) is 0 Å². The Morgan fingerprint density at radius 3 is 2.29 bits per heavy atom. The summed E-state index contributed by atoms with van der Waals surface area (Å²) in [5.74, 6) is -0.220. The number of para-hydroxylation sites is 1. The molecule has 8 heteroatoms. The molecule has 1 N–H and O–H groups in total. The Labute approximate surface area is 164 Å². The fourth-order valence-electron chi connectivity index (χ4n) is 3.18. The third-order valence-electron chi connectivity index (χ3n) is 4.37. The van der Waals surface area contributed by atoms with Crippen LogP contribution in [-0.2, 0) is 23.1 Å². The van der Waals surface area contributed by atoms with E-state index in [1.54, 1.807) is 0 Å². The predicted molar refractivity (Wildman–Crippen MR) is 106 cm³/mol. The zero-order valence-electron chi connectivity index (χ0n) is 15.7. The number of halogens is 1. The van der Waals surface area contributed by atoms with Crippen molar-refractivity contribution in [3.8, 4) is 16.9 Å². The fraction of sp³-hybridized carbons (Fsp3) is 0.250. The van der Waals surface area contributed by atoms with E-state index in [1.165, 1.54) is 23.4 Å². The summed E-state index contributed by atoms with van der Waals surface area (Å²) in [5.41, 5.74) is 5.49. The van der Waals surface area contributed by atoms with Gasteiger partial charge in [0.1, 0.15) is 5.82 Å². The molecule has 0 unspecified atom stereocenters. The molecule has 3 aromatic rings. The van der Waals surface area contributed by atoms with E-state index in [-0.39, 0.29) is 5.82 Å². The van der Waals surface area contributed by atoms with Gasteiger partial charge in [-0.25, -0.2) is 9.07 Å². The molecule has 2 aromatic carbocycles. The van der Waals surface area contributed by atoms with E-state index >= 15 is 0 Å². The lowest BCUT2D eigenvalue weighted by molar-refractivity contribution is 0.310. The van der Waals surface area contributed by atoms with Gasteiger partial charge in [-0.05, 0) is 43.4 Å². The molecule has 0 saturated carbocycles. The van der Waals surface area contributed by atoms with Crippen LogP contribution in [0, 0.1) is 5.82 Å². The van der Waals surface area contributed by atoms with Crippen molar-refractivity contribution < 1.29 is 17.4 Å². The van der Waals surface area contributed by atoms with Crippen LogP contribution in [0.1, 0.15) is 11.3 Å². The van der Waals surface area contributed by atoms with Crippen molar-refractivity contribution in [2.75, 3.05) is 19.8 Å². The van der Waals surface area contributed by atoms with Gasteiger partial charge in [-0.1, -0.05) is 18.2 Å². The Morgan fingerprint density at radius 2 is 1.68 bits per heavy atom. The van der Waals surface area contributed by atoms with Crippen molar-refractivity contribution in [1.82, 2.24) is 14.7 Å². The van der Waals surface area contributed by atoms with E-state index in [0.29, 0.717) is 6.26 Å². The van der Waals surface area contributed by atoms with Gasteiger partial charge in [-0.3, -0.25) is 4.55 Å². The van der Waals surface area contributed by atoms with Crippen LogP contribution in [0.5, 0.6) is 0 Å². The molecule has 4 rings (SSSR count). The lowest BCUT2D eigenvalue weighted by Gasteiger charge is -2.23. The van der Waals surface area contributed by atoms with Crippen molar-refractivity contribution in [2.24, 2.45) is 0 Å². The highest BCUT2D eigenvalue weighted by Crippen LogP contribution is 2.31. The van der Waals surface area contributed by atoms with E-state index in [1.807, 2.05) is 35.0 Å². The first-order valence-corrected chi connectivity index (χ1v) is 10.6. The Hall–Kier alpha value is -2.55. The number of benzene rings is 2. The molecule has 6 nitrogen and oxygen atoms in total. The van der Waals surface area contributed by atoms with Crippen LogP contribution in [0.2, 0.25) is 0 Å². The lowest BCUT2D eigenvalue weighted by atomic mass is 10.0. The fourth-order valence-corrected chi connectivity index (χ4v) is 3.18. The van der Waals surface area contributed by atoms with Crippen molar-refractivity contribution >= 4 is 10.1 Å². The van der Waals surface area contributed by atoms with Gasteiger partial charge in [-0.2, -0.15) is 13.5 Å². The van der Waals surface area contributed by atoms with Gasteiger partial charge in [0.15, 0.2) is 0 Å². The number of likely N-dealkylation sites (N-methyl/N-ethyl adjacent to an activating group) is 1. The summed E-state index contributed by atoms with van der Waals surface area (Å²) >= 11 is 0. The van der Waals surface area contributed by atoms with E-state index in [4.69, 9.17) is 9.65 Å². The van der Waals surface area contributed by atoms with Crippen LogP contribution in [0.25, 0.3) is 16.9 Å². The SMILES string of the molecule is CN1CCc2c(c(-c3ccc(F)cc3)nn2-c2ccccc2)C1.CS(=O)(=O)O. The Balaban J connectivity index is 0.000000403. The van der Waals surface area contributed by atoms with Gasteiger partial charge in [0, 0.05) is 30.6 Å². The summed E-state index contributed by atoms with van der Waals surface area (Å²) in [4.78, 5) is 2.30. The molecule has 0 radical (unpaired) electrons. The molecule has 0 saturated heterocycles. The van der Waals surface area contributed by atoms with Gasteiger partial charge in [0.2, 0.25) is 0 Å². The number of fused-ring (bicyclic) bond motifs is 1. The van der Waals surface area contributed by atoms with E-state index in [2.05, 4.69) is 24.1 Å². The summed E-state index contributed by atoms with van der Waals surface area (Å²) in [7, 11) is -1.54. The first-order valence-electron chi connectivity index (χ1n) is 8.75. The Bertz CT molecular complexity index is 1040. The number of hydrogen-bond donors (Lipinski definition) is 1. The van der Waals surface area contributed by atoms with Crippen molar-refractivity contribution in [2.45, 2.75) is 13.0 Å². The molecule has 0 aliphatic carbocycles. The standard InChI is InChI=1S/C19H18FN3.CH4O3S/c1-22-12-11-18-17(13-22)19(14-7-9-15(20)10-8-14)21-23(18)16-5-3-2-4-6-16;1-5(2,3)4/h2-10H,11-13H2,1H3;1H3,(H,2,3,4). The quantitative estimate of drug-likeness (QED) is 0.665. The summed E-state index contributed by atoms with van der Waals surface area (Å²) in [6.07, 6.45) is 1.68. The monoisotopic (exact) mass is 403 g/mol. The second kappa shape index (κ2) is 8.22. The molecule has 148 valence electrons. The lowest BCUT2D eigenvalue weighted by Crippen LogP contribution is -2.27. The maximum Gasteiger partial charge on any atom is 0.261 e. The summed E-state index contributed by atoms with van der Waals surface area (Å²) in [6, 6.07) is 16.8. The highest BCUT2D eigenvalue weighted by Gasteiger charge is 2.24. The highest BCUT2D eigenvalue weighted by atomic mass is 32.2. The third-order valence-corrected chi connectivity index (χ3v) is 4.37. The third kappa shape index (κ3) is 5.03. The molecule has 0 spiro atoms. The first-order chi connectivity index (χ1) is 13.2. The van der Waals surface area contributed by atoms with Crippen LogP contribution in [0.4, 0.5) is 4.39 Å².